The Morgan fingerprint density at radius 1 is 1.00 bits per heavy atom. The molecule has 21 heavy (non-hydrogen) atoms. The maximum atomic E-state index is 12.8. The molecule has 5 heteroatoms. The number of nitrogens with zero attached hydrogens (tertiary/aromatic N) is 4. The Balaban J connectivity index is 2.12. The van der Waals surface area contributed by atoms with Crippen molar-refractivity contribution in [3.8, 4) is 0 Å². The lowest BCUT2D eigenvalue weighted by Gasteiger charge is -2.15. The first-order chi connectivity index (χ1) is 9.97. The van der Waals surface area contributed by atoms with Gasteiger partial charge >= 0.3 is 0 Å². The van der Waals surface area contributed by atoms with Crippen LogP contribution >= 0.6 is 0 Å². The molecule has 0 spiro atoms. The fourth-order valence-corrected chi connectivity index (χ4v) is 2.03. The topological polar surface area (TPSA) is 51.6 Å². The van der Waals surface area contributed by atoms with Crippen LogP contribution in [-0.4, -0.2) is 19.9 Å². The number of halogens is 1. The minimum absolute atomic E-state index is 0.0858. The second kappa shape index (κ2) is 6.70. The first-order valence-corrected chi connectivity index (χ1v) is 7.26. The molecule has 0 aliphatic heterocycles. The van der Waals surface area contributed by atoms with E-state index in [1.165, 1.54) is 12.4 Å². The zero-order valence-corrected chi connectivity index (χ0v) is 12.9. The van der Waals surface area contributed by atoms with Crippen LogP contribution in [0.25, 0.3) is 0 Å². The van der Waals surface area contributed by atoms with Crippen LogP contribution in [0.5, 0.6) is 0 Å². The summed E-state index contributed by atoms with van der Waals surface area (Å²) in [7, 11) is 0. The average Bonchev–Trinajstić information content (AvgIpc) is 2.47. The Kier molecular flexibility index (Phi) is 4.94. The molecule has 0 amide bonds. The second-order valence-corrected chi connectivity index (χ2v) is 5.80. The normalized spacial score (nSPS) is 14.2. The zero-order valence-electron chi connectivity index (χ0n) is 12.9. The smallest absolute Gasteiger partial charge is 0.159 e. The Labute approximate surface area is 124 Å². The fourth-order valence-electron chi connectivity index (χ4n) is 2.03. The summed E-state index contributed by atoms with van der Waals surface area (Å²) in [5.41, 5.74) is 0.966. The highest BCUT2D eigenvalue weighted by atomic mass is 19.1. The van der Waals surface area contributed by atoms with E-state index in [-0.39, 0.29) is 5.92 Å². The van der Waals surface area contributed by atoms with Crippen molar-refractivity contribution in [1.29, 1.82) is 0 Å². The second-order valence-electron chi connectivity index (χ2n) is 5.80. The predicted molar refractivity (Wildman–Crippen MR) is 79.4 cm³/mol. The third-order valence-electron chi connectivity index (χ3n) is 3.74. The maximum Gasteiger partial charge on any atom is 0.159 e. The lowest BCUT2D eigenvalue weighted by atomic mass is 9.97. The SMILES string of the molecule is CC(Cc1ccnc(C(C)C(C)C)n1)c1ncc(F)cn1. The van der Waals surface area contributed by atoms with Crippen LogP contribution in [-0.2, 0) is 6.42 Å². The molecule has 2 rings (SSSR count). The van der Waals surface area contributed by atoms with Gasteiger partial charge in [-0.2, -0.15) is 0 Å². The number of hydrogen-bond donors (Lipinski definition) is 0. The highest BCUT2D eigenvalue weighted by Crippen LogP contribution is 2.21. The van der Waals surface area contributed by atoms with Gasteiger partial charge in [0.05, 0.1) is 12.4 Å². The summed E-state index contributed by atoms with van der Waals surface area (Å²) in [5.74, 6) is 1.99. The molecule has 2 aromatic heterocycles. The lowest BCUT2D eigenvalue weighted by Crippen LogP contribution is -2.10. The third-order valence-corrected chi connectivity index (χ3v) is 3.74. The Bertz CT molecular complexity index is 583. The summed E-state index contributed by atoms with van der Waals surface area (Å²) in [5, 5.41) is 0. The molecule has 0 bridgehead atoms. The molecule has 0 saturated heterocycles. The molecule has 2 aromatic rings. The fraction of sp³-hybridized carbons (Fsp3) is 0.500. The van der Waals surface area contributed by atoms with Crippen molar-refractivity contribution in [3.63, 3.8) is 0 Å². The molecule has 0 fully saturated rings. The van der Waals surface area contributed by atoms with E-state index in [4.69, 9.17) is 0 Å². The van der Waals surface area contributed by atoms with Crippen LogP contribution in [0.4, 0.5) is 4.39 Å². The van der Waals surface area contributed by atoms with Crippen LogP contribution in [0.15, 0.2) is 24.7 Å². The van der Waals surface area contributed by atoms with Gasteiger partial charge in [-0.25, -0.2) is 24.3 Å². The van der Waals surface area contributed by atoms with Crippen molar-refractivity contribution in [2.24, 2.45) is 5.92 Å². The van der Waals surface area contributed by atoms with Gasteiger partial charge in [-0.3, -0.25) is 0 Å². The van der Waals surface area contributed by atoms with Gasteiger partial charge in [-0.15, -0.1) is 0 Å². The molecule has 0 aliphatic carbocycles. The Morgan fingerprint density at radius 3 is 2.29 bits per heavy atom. The Hall–Kier alpha value is -1.91. The van der Waals surface area contributed by atoms with Gasteiger partial charge in [0.15, 0.2) is 5.82 Å². The molecule has 112 valence electrons. The van der Waals surface area contributed by atoms with Gasteiger partial charge in [-0.05, 0) is 18.4 Å². The summed E-state index contributed by atoms with van der Waals surface area (Å²) in [4.78, 5) is 17.1. The van der Waals surface area contributed by atoms with Crippen molar-refractivity contribution in [2.45, 2.75) is 46.0 Å². The van der Waals surface area contributed by atoms with Crippen molar-refractivity contribution < 1.29 is 4.39 Å². The summed E-state index contributed by atoms with van der Waals surface area (Å²) in [6.45, 7) is 8.47. The number of aromatic nitrogens is 4. The van der Waals surface area contributed by atoms with E-state index in [1.54, 1.807) is 6.20 Å². The summed E-state index contributed by atoms with van der Waals surface area (Å²) < 4.78 is 12.8. The minimum Gasteiger partial charge on any atom is -0.241 e. The maximum absolute atomic E-state index is 12.8. The molecule has 0 N–H and O–H groups in total. The van der Waals surface area contributed by atoms with Gasteiger partial charge in [0.25, 0.3) is 0 Å². The van der Waals surface area contributed by atoms with Crippen molar-refractivity contribution in [3.05, 3.63) is 47.8 Å². The standard InChI is InChI=1S/C16H21FN4/c1-10(2)12(4)16-18-6-5-14(21-16)7-11(3)15-19-8-13(17)9-20-15/h5-6,8-12H,7H2,1-4H3. The summed E-state index contributed by atoms with van der Waals surface area (Å²) in [6, 6.07) is 1.91. The number of hydrogen-bond acceptors (Lipinski definition) is 4. The van der Waals surface area contributed by atoms with E-state index < -0.39 is 5.82 Å². The van der Waals surface area contributed by atoms with E-state index in [0.717, 1.165) is 11.5 Å². The monoisotopic (exact) mass is 288 g/mol. The van der Waals surface area contributed by atoms with Gasteiger partial charge in [-0.1, -0.05) is 27.7 Å². The summed E-state index contributed by atoms with van der Waals surface area (Å²) in [6.07, 6.45) is 4.91. The van der Waals surface area contributed by atoms with Crippen LogP contribution < -0.4 is 0 Å². The van der Waals surface area contributed by atoms with Crippen molar-refractivity contribution >= 4 is 0 Å². The summed E-state index contributed by atoms with van der Waals surface area (Å²) >= 11 is 0. The first-order valence-electron chi connectivity index (χ1n) is 7.26. The average molecular weight is 288 g/mol. The highest BCUT2D eigenvalue weighted by molar-refractivity contribution is 5.10. The van der Waals surface area contributed by atoms with E-state index in [2.05, 4.69) is 40.7 Å². The van der Waals surface area contributed by atoms with Crippen LogP contribution in [0.3, 0.4) is 0 Å². The molecule has 0 aromatic carbocycles. The van der Waals surface area contributed by atoms with E-state index in [0.29, 0.717) is 24.1 Å². The molecule has 0 radical (unpaired) electrons. The molecule has 2 atom stereocenters. The van der Waals surface area contributed by atoms with Gasteiger partial charge in [0.1, 0.15) is 11.6 Å². The molecule has 0 saturated carbocycles. The molecule has 2 heterocycles. The Morgan fingerprint density at radius 2 is 1.67 bits per heavy atom. The van der Waals surface area contributed by atoms with E-state index >= 15 is 0 Å². The molecule has 2 unspecified atom stereocenters. The van der Waals surface area contributed by atoms with Crippen LogP contribution in [0, 0.1) is 11.7 Å². The van der Waals surface area contributed by atoms with Gasteiger partial charge < -0.3 is 0 Å². The van der Waals surface area contributed by atoms with Gasteiger partial charge in [0, 0.05) is 23.7 Å². The quantitative estimate of drug-likeness (QED) is 0.844. The predicted octanol–water partition coefficient (Wildman–Crippen LogP) is 3.51. The van der Waals surface area contributed by atoms with Crippen molar-refractivity contribution in [2.75, 3.05) is 0 Å². The molecular weight excluding hydrogens is 267 g/mol. The van der Waals surface area contributed by atoms with Crippen LogP contribution in [0.1, 0.15) is 56.9 Å². The van der Waals surface area contributed by atoms with Crippen molar-refractivity contribution in [1.82, 2.24) is 19.9 Å². The highest BCUT2D eigenvalue weighted by Gasteiger charge is 2.15. The first kappa shape index (κ1) is 15.5. The zero-order chi connectivity index (χ0) is 15.4. The lowest BCUT2D eigenvalue weighted by molar-refractivity contribution is 0.507. The number of rotatable bonds is 5. The molecule has 0 aliphatic rings. The van der Waals surface area contributed by atoms with Crippen LogP contribution in [0.2, 0.25) is 0 Å². The van der Waals surface area contributed by atoms with E-state index in [1.807, 2.05) is 13.0 Å². The van der Waals surface area contributed by atoms with E-state index in [9.17, 15) is 4.39 Å². The largest absolute Gasteiger partial charge is 0.241 e. The minimum atomic E-state index is -0.416. The molecule has 4 nitrogen and oxygen atoms in total. The molecular formula is C16H21FN4. The third kappa shape index (κ3) is 4.03. The van der Waals surface area contributed by atoms with Gasteiger partial charge in [0.2, 0.25) is 0 Å².